The van der Waals surface area contributed by atoms with Crippen molar-refractivity contribution in [1.29, 1.82) is 0 Å². The lowest BCUT2D eigenvalue weighted by molar-refractivity contribution is 2.10. The van der Waals surface area contributed by atoms with Gasteiger partial charge >= 0.3 is 0 Å². The fourth-order valence-electron chi connectivity index (χ4n) is 0.108. The smallest absolute Gasteiger partial charge is 0.0836 e. The molecule has 0 aromatic carbocycles. The molecule has 0 radical (unpaired) electrons. The van der Waals surface area contributed by atoms with Crippen molar-refractivity contribution < 1.29 is 0 Å². The minimum atomic E-state index is 0.796. The standard InChI is InChI=1S/C5H/c1-2-5-3-4-5/h3H/q-1. The molecule has 1 aliphatic rings. The minimum Gasteiger partial charge on any atom is -0.365 e. The predicted octanol–water partition coefficient (Wildman–Crippen LogP) is 0.671. The number of hydrogen-bond acceptors (Lipinski definition) is 0. The lowest BCUT2D eigenvalue weighted by Gasteiger charge is -1.67. The van der Waals surface area contributed by atoms with E-state index >= 15 is 0 Å². The van der Waals surface area contributed by atoms with Gasteiger partial charge in [0.1, 0.15) is 0 Å². The molecule has 0 aromatic rings. The van der Waals surface area contributed by atoms with E-state index in [1.54, 1.807) is 6.08 Å². The largest absolute Gasteiger partial charge is 0.365 e. The van der Waals surface area contributed by atoms with Crippen LogP contribution in [0, 0.1) is 12.3 Å². The summed E-state index contributed by atoms with van der Waals surface area (Å²) in [5, 5.41) is 0. The van der Waals surface area contributed by atoms with Crippen molar-refractivity contribution in [3.05, 3.63) is 23.8 Å². The van der Waals surface area contributed by atoms with Crippen LogP contribution in [0.4, 0.5) is 0 Å². The maximum Gasteiger partial charge on any atom is -0.0836 e. The van der Waals surface area contributed by atoms with Gasteiger partial charge in [0, 0.05) is 0 Å². The van der Waals surface area contributed by atoms with E-state index < -0.39 is 0 Å². The molecule has 0 spiro atoms. The number of hydrogen-bond donors (Lipinski definition) is 0. The van der Waals surface area contributed by atoms with Crippen LogP contribution in [0.2, 0.25) is 0 Å². The van der Waals surface area contributed by atoms with Gasteiger partial charge in [-0.05, 0) is 0 Å². The summed E-state index contributed by atoms with van der Waals surface area (Å²) in [7, 11) is 0. The Labute approximate surface area is 30.8 Å². The molecule has 0 heteroatoms. The Hall–Kier alpha value is -0.920. The first kappa shape index (κ1) is 2.33. The SMILES string of the molecule is [C-]#CC1=C=C1. The highest BCUT2D eigenvalue weighted by molar-refractivity contribution is 5.44. The second kappa shape index (κ2) is 0.516. The van der Waals surface area contributed by atoms with Crippen LogP contribution in [0.5, 0.6) is 0 Å². The van der Waals surface area contributed by atoms with Gasteiger partial charge in [-0.1, -0.05) is 11.6 Å². The highest BCUT2D eigenvalue weighted by atomic mass is 13.9. The molecule has 0 unspecified atom stereocenters. The Bertz CT molecular complexity index is 138. The van der Waals surface area contributed by atoms with Crippen molar-refractivity contribution in [2.24, 2.45) is 0 Å². The molecule has 0 bridgehead atoms. The van der Waals surface area contributed by atoms with Crippen LogP contribution < -0.4 is 0 Å². The van der Waals surface area contributed by atoms with Crippen LogP contribution in [0.3, 0.4) is 0 Å². The molecule has 0 atom stereocenters. The molecule has 0 nitrogen and oxygen atoms in total. The van der Waals surface area contributed by atoms with Gasteiger partial charge in [0.15, 0.2) is 0 Å². The first-order chi connectivity index (χ1) is 2.43. The predicted molar refractivity (Wildman–Crippen MR) is 18.7 cm³/mol. The Kier molecular flexibility index (Phi) is 0.240. The summed E-state index contributed by atoms with van der Waals surface area (Å²) < 4.78 is 0. The fraction of sp³-hybridized carbons (Fsp3) is 0. The van der Waals surface area contributed by atoms with E-state index in [0.29, 0.717) is 0 Å². The van der Waals surface area contributed by atoms with E-state index in [9.17, 15) is 0 Å². The molecule has 0 saturated carbocycles. The van der Waals surface area contributed by atoms with E-state index in [1.807, 2.05) is 0 Å². The van der Waals surface area contributed by atoms with Crippen LogP contribution in [-0.4, -0.2) is 0 Å². The third kappa shape index (κ3) is 0.216. The average molecular weight is 61.1 g/mol. The zero-order valence-electron chi connectivity index (χ0n) is 2.58. The summed E-state index contributed by atoms with van der Waals surface area (Å²) >= 11 is 0. The Morgan fingerprint density at radius 1 is 2.00 bits per heavy atom. The zero-order chi connectivity index (χ0) is 3.70. The normalized spacial score (nSPS) is 13.0. The van der Waals surface area contributed by atoms with E-state index in [1.165, 1.54) is 0 Å². The number of allylic oxidation sites excluding steroid dienone is 1. The maximum absolute atomic E-state index is 6.34. The van der Waals surface area contributed by atoms with Crippen LogP contribution in [0.1, 0.15) is 0 Å². The van der Waals surface area contributed by atoms with Crippen molar-refractivity contribution in [3.63, 3.8) is 0 Å². The molecule has 22 valence electrons. The summed E-state index contributed by atoms with van der Waals surface area (Å²) in [5.74, 6) is 2.14. The van der Waals surface area contributed by atoms with E-state index in [2.05, 4.69) is 11.7 Å². The summed E-state index contributed by atoms with van der Waals surface area (Å²) in [6.45, 7) is 0. The Balaban J connectivity index is 2.69. The lowest BCUT2D eigenvalue weighted by Crippen LogP contribution is -1.39. The van der Waals surface area contributed by atoms with Gasteiger partial charge in [-0.3, -0.25) is 5.92 Å². The topological polar surface area (TPSA) is 0 Å². The lowest BCUT2D eigenvalue weighted by atomic mass is 10.5. The van der Waals surface area contributed by atoms with Crippen LogP contribution >= 0.6 is 0 Å². The molecule has 5 heavy (non-hydrogen) atoms. The zero-order valence-corrected chi connectivity index (χ0v) is 2.58. The highest BCUT2D eigenvalue weighted by Crippen LogP contribution is 2.00. The van der Waals surface area contributed by atoms with Crippen LogP contribution in [0.15, 0.2) is 17.4 Å². The van der Waals surface area contributed by atoms with Crippen molar-refractivity contribution in [3.8, 4) is 5.92 Å². The molecule has 0 aromatic heterocycles. The van der Waals surface area contributed by atoms with Gasteiger partial charge in [0.25, 0.3) is 0 Å². The van der Waals surface area contributed by atoms with E-state index in [-0.39, 0.29) is 0 Å². The summed E-state index contributed by atoms with van der Waals surface area (Å²) in [6, 6.07) is 0. The molecule has 0 fully saturated rings. The monoisotopic (exact) mass is 61.0 g/mol. The molecular weight excluding hydrogens is 60.1 g/mol. The van der Waals surface area contributed by atoms with Crippen LogP contribution in [-0.2, 0) is 0 Å². The van der Waals surface area contributed by atoms with Crippen molar-refractivity contribution >= 4 is 0 Å². The molecule has 0 saturated heterocycles. The molecular formula is C5H-. The van der Waals surface area contributed by atoms with Gasteiger partial charge in [-0.15, -0.1) is 0 Å². The minimum absolute atomic E-state index is 0.796. The fourth-order valence-corrected chi connectivity index (χ4v) is 0.108. The molecule has 1 rings (SSSR count). The highest BCUT2D eigenvalue weighted by Gasteiger charge is 1.73. The first-order valence-corrected chi connectivity index (χ1v) is 1.33. The summed E-state index contributed by atoms with van der Waals surface area (Å²) in [6.07, 6.45) is 8.05. The van der Waals surface area contributed by atoms with Crippen molar-refractivity contribution in [2.45, 2.75) is 0 Å². The van der Waals surface area contributed by atoms with E-state index in [4.69, 9.17) is 6.42 Å². The maximum atomic E-state index is 6.34. The third-order valence-corrected chi connectivity index (χ3v) is 0.423. The van der Waals surface area contributed by atoms with Crippen molar-refractivity contribution in [2.75, 3.05) is 0 Å². The quantitative estimate of drug-likeness (QED) is 0.219. The molecule has 0 amide bonds. The first-order valence-electron chi connectivity index (χ1n) is 1.33. The second-order valence-electron chi connectivity index (χ2n) is 0.827. The van der Waals surface area contributed by atoms with E-state index in [0.717, 1.165) is 5.57 Å². The molecule has 0 N–H and O–H groups in total. The average Bonchev–Trinajstić information content (AvgIpc) is 2.12. The van der Waals surface area contributed by atoms with Crippen molar-refractivity contribution in [1.82, 2.24) is 0 Å². The Morgan fingerprint density at radius 3 is 2.60 bits per heavy atom. The Morgan fingerprint density at radius 2 is 2.60 bits per heavy atom. The van der Waals surface area contributed by atoms with Gasteiger partial charge < -0.3 is 6.42 Å². The second-order valence-corrected chi connectivity index (χ2v) is 0.827. The van der Waals surface area contributed by atoms with Gasteiger partial charge in [-0.25, -0.2) is 5.73 Å². The van der Waals surface area contributed by atoms with Gasteiger partial charge in [-0.2, -0.15) is 0 Å². The molecule has 0 heterocycles. The van der Waals surface area contributed by atoms with Gasteiger partial charge in [0.05, 0.1) is 0 Å². The summed E-state index contributed by atoms with van der Waals surface area (Å²) in [4.78, 5) is 0. The number of rotatable bonds is 0. The van der Waals surface area contributed by atoms with Gasteiger partial charge in [0.2, 0.25) is 0 Å². The van der Waals surface area contributed by atoms with Crippen LogP contribution in [0.25, 0.3) is 0 Å². The third-order valence-electron chi connectivity index (χ3n) is 0.423. The molecule has 0 aliphatic heterocycles. The molecule has 1 aliphatic carbocycles. The summed E-state index contributed by atoms with van der Waals surface area (Å²) in [5.41, 5.74) is 3.47.